The van der Waals surface area contributed by atoms with Gasteiger partial charge in [0.25, 0.3) is 5.91 Å². The average molecular weight is 452 g/mol. The van der Waals surface area contributed by atoms with Gasteiger partial charge in [-0.05, 0) is 54.9 Å². The van der Waals surface area contributed by atoms with Crippen LogP contribution in [0.4, 0.5) is 15.9 Å². The Bertz CT molecular complexity index is 1020. The number of carbonyl (C=O) groups excluding carboxylic acids is 1. The fourth-order valence-corrected chi connectivity index (χ4v) is 6.39. The summed E-state index contributed by atoms with van der Waals surface area (Å²) in [6, 6.07) is 4.46. The highest BCUT2D eigenvalue weighted by Crippen LogP contribution is 2.56. The second kappa shape index (κ2) is 7.37. The Kier molecular flexibility index (Phi) is 4.93. The Morgan fingerprint density at radius 1 is 1.20 bits per heavy atom. The maximum absolute atomic E-state index is 13.5. The lowest BCUT2D eigenvalue weighted by molar-refractivity contribution is 0.0766. The molecule has 2 atom stereocenters. The number of hydrogen-bond acceptors (Lipinski definition) is 5. The van der Waals surface area contributed by atoms with E-state index in [9.17, 15) is 18.3 Å². The largest absolute Gasteiger partial charge is 0.340 e. The third-order valence-electron chi connectivity index (χ3n) is 6.48. The summed E-state index contributed by atoms with van der Waals surface area (Å²) < 4.78 is 33.2. The van der Waals surface area contributed by atoms with Crippen molar-refractivity contribution in [3.8, 4) is 0 Å². The van der Waals surface area contributed by atoms with Gasteiger partial charge < -0.3 is 10.2 Å². The normalized spacial score (nSPS) is 25.1. The van der Waals surface area contributed by atoms with Crippen LogP contribution in [-0.4, -0.2) is 49.5 Å². The number of nitrogens with one attached hydrogen (secondary N) is 1. The summed E-state index contributed by atoms with van der Waals surface area (Å²) >= 11 is 5.91. The molecule has 0 spiro atoms. The number of benzene rings is 1. The fraction of sp³-hybridized carbons (Fsp3) is 0.429. The predicted molar refractivity (Wildman–Crippen MR) is 117 cm³/mol. The van der Waals surface area contributed by atoms with Crippen LogP contribution < -0.4 is 5.32 Å². The van der Waals surface area contributed by atoms with Crippen molar-refractivity contribution in [1.29, 1.82) is 0 Å². The number of pyridine rings is 1. The number of nitrogens with zero attached hydrogens (tertiary/aromatic N) is 2. The summed E-state index contributed by atoms with van der Waals surface area (Å²) in [4.78, 5) is 19.5. The van der Waals surface area contributed by atoms with Crippen LogP contribution in [0.2, 0.25) is 5.02 Å². The molecule has 1 aromatic heterocycles. The fourth-order valence-electron chi connectivity index (χ4n) is 4.98. The van der Waals surface area contributed by atoms with Gasteiger partial charge in [0.15, 0.2) is 0 Å². The van der Waals surface area contributed by atoms with Gasteiger partial charge in [-0.25, -0.2) is 9.37 Å². The number of anilines is 2. The number of rotatable bonds is 3. The standard InChI is InChI=1S/C21H23ClFN3O3S/c22-16-10-14(3-4-17(16)23)25-20-19-13-2-1-12(9-13)18(19)15(11-24-20)21(27)26-5-7-30(28,29)8-6-26/h3-4,10-13,28-29H,1-2,5-9H2,(H,24,25). The molecular formula is C21H23ClFN3O3S. The molecule has 1 saturated carbocycles. The van der Waals surface area contributed by atoms with E-state index in [2.05, 4.69) is 10.3 Å². The van der Waals surface area contributed by atoms with E-state index in [-0.39, 0.29) is 22.4 Å². The van der Waals surface area contributed by atoms with Crippen LogP contribution in [0, 0.1) is 5.82 Å². The van der Waals surface area contributed by atoms with Gasteiger partial charge in [-0.15, -0.1) is 0 Å². The second-order valence-electron chi connectivity index (χ2n) is 8.31. The molecule has 3 aliphatic rings. The first kappa shape index (κ1) is 20.1. The van der Waals surface area contributed by atoms with Crippen LogP contribution in [0.3, 0.4) is 0 Å². The molecule has 2 aromatic rings. The lowest BCUT2D eigenvalue weighted by Gasteiger charge is -2.41. The smallest absolute Gasteiger partial charge is 0.255 e. The Morgan fingerprint density at radius 2 is 1.90 bits per heavy atom. The summed E-state index contributed by atoms with van der Waals surface area (Å²) in [7, 11) is -2.56. The second-order valence-corrected chi connectivity index (χ2v) is 11.1. The molecule has 1 amide bonds. The SMILES string of the molecule is O=C(c1cnc(Nc2ccc(F)c(Cl)c2)c2c1C1CCC2C1)N1CCS(O)(O)CC1. The van der Waals surface area contributed by atoms with Gasteiger partial charge in [-0.2, -0.15) is 10.6 Å². The summed E-state index contributed by atoms with van der Waals surface area (Å²) in [5.74, 6) is 1.29. The molecule has 2 heterocycles. The molecular weight excluding hydrogens is 429 g/mol. The zero-order valence-electron chi connectivity index (χ0n) is 16.3. The van der Waals surface area contributed by atoms with Crippen molar-refractivity contribution in [3.05, 3.63) is 51.9 Å². The molecule has 0 radical (unpaired) electrons. The minimum absolute atomic E-state index is 0.0426. The van der Waals surface area contributed by atoms with E-state index in [1.165, 1.54) is 12.1 Å². The van der Waals surface area contributed by atoms with E-state index in [0.717, 1.165) is 30.4 Å². The minimum Gasteiger partial charge on any atom is -0.340 e. The highest BCUT2D eigenvalue weighted by atomic mass is 35.5. The Balaban J connectivity index is 1.48. The third-order valence-corrected chi connectivity index (χ3v) is 8.45. The van der Waals surface area contributed by atoms with Crippen molar-refractivity contribution in [2.45, 2.75) is 31.1 Å². The Labute approximate surface area is 180 Å². The molecule has 1 saturated heterocycles. The highest BCUT2D eigenvalue weighted by molar-refractivity contribution is 8.24. The van der Waals surface area contributed by atoms with Gasteiger partial charge in [-0.3, -0.25) is 13.9 Å². The number of amides is 1. The van der Waals surface area contributed by atoms with Crippen molar-refractivity contribution in [2.75, 3.05) is 29.9 Å². The van der Waals surface area contributed by atoms with E-state index >= 15 is 0 Å². The van der Waals surface area contributed by atoms with Crippen molar-refractivity contribution in [1.82, 2.24) is 9.88 Å². The summed E-state index contributed by atoms with van der Waals surface area (Å²) in [6.45, 7) is 0.691. The van der Waals surface area contributed by atoms with Gasteiger partial charge in [-0.1, -0.05) is 11.6 Å². The molecule has 160 valence electrons. The topological polar surface area (TPSA) is 85.7 Å². The van der Waals surface area contributed by atoms with Crippen LogP contribution in [0.5, 0.6) is 0 Å². The molecule has 9 heteroatoms. The van der Waals surface area contributed by atoms with E-state index in [0.29, 0.717) is 42.0 Å². The maximum Gasteiger partial charge on any atom is 0.255 e. The molecule has 2 aliphatic carbocycles. The van der Waals surface area contributed by atoms with Crippen LogP contribution in [0.15, 0.2) is 24.4 Å². The monoisotopic (exact) mass is 451 g/mol. The molecule has 3 N–H and O–H groups in total. The zero-order valence-corrected chi connectivity index (χ0v) is 17.8. The molecule has 6 nitrogen and oxygen atoms in total. The van der Waals surface area contributed by atoms with Gasteiger partial charge in [0.2, 0.25) is 0 Å². The lowest BCUT2D eigenvalue weighted by atomic mass is 9.88. The van der Waals surface area contributed by atoms with Crippen molar-refractivity contribution >= 4 is 39.6 Å². The first-order chi connectivity index (χ1) is 14.3. The zero-order chi connectivity index (χ0) is 21.0. The van der Waals surface area contributed by atoms with Gasteiger partial charge in [0, 0.05) is 30.5 Å². The first-order valence-corrected chi connectivity index (χ1v) is 12.4. The summed E-state index contributed by atoms with van der Waals surface area (Å²) in [5.41, 5.74) is 3.43. The van der Waals surface area contributed by atoms with Gasteiger partial charge in [0.1, 0.15) is 11.6 Å². The van der Waals surface area contributed by atoms with E-state index in [1.54, 1.807) is 17.2 Å². The molecule has 2 fully saturated rings. The Hall–Kier alpha value is -1.87. The third kappa shape index (κ3) is 3.45. The van der Waals surface area contributed by atoms with Crippen LogP contribution in [0.25, 0.3) is 0 Å². The average Bonchev–Trinajstić information content (AvgIpc) is 3.33. The highest BCUT2D eigenvalue weighted by Gasteiger charge is 2.42. The van der Waals surface area contributed by atoms with Crippen molar-refractivity contribution in [2.24, 2.45) is 0 Å². The quantitative estimate of drug-likeness (QED) is 0.598. The maximum atomic E-state index is 13.5. The van der Waals surface area contributed by atoms with Gasteiger partial charge in [0.05, 0.1) is 22.1 Å². The van der Waals surface area contributed by atoms with E-state index < -0.39 is 16.4 Å². The van der Waals surface area contributed by atoms with Crippen LogP contribution >= 0.6 is 22.2 Å². The van der Waals surface area contributed by atoms with E-state index in [4.69, 9.17) is 11.6 Å². The minimum atomic E-state index is -2.56. The van der Waals surface area contributed by atoms with Gasteiger partial charge >= 0.3 is 0 Å². The van der Waals surface area contributed by atoms with E-state index in [1.807, 2.05) is 0 Å². The number of hydrogen-bond donors (Lipinski definition) is 3. The molecule has 30 heavy (non-hydrogen) atoms. The van der Waals surface area contributed by atoms with Crippen LogP contribution in [0.1, 0.15) is 52.6 Å². The number of halogens is 2. The summed E-state index contributed by atoms with van der Waals surface area (Å²) in [5, 5.41) is 3.31. The molecule has 2 unspecified atom stereocenters. The van der Waals surface area contributed by atoms with Crippen molar-refractivity contribution < 1.29 is 18.3 Å². The Morgan fingerprint density at radius 3 is 2.60 bits per heavy atom. The lowest BCUT2D eigenvalue weighted by Crippen LogP contribution is -2.42. The first-order valence-electron chi connectivity index (χ1n) is 10.1. The number of fused-ring (bicyclic) bond motifs is 5. The summed E-state index contributed by atoms with van der Waals surface area (Å²) in [6.07, 6.45) is 4.77. The number of carbonyl (C=O) groups is 1. The molecule has 2 bridgehead atoms. The number of aromatic nitrogens is 1. The predicted octanol–water partition coefficient (Wildman–Crippen LogP) is 5.19. The van der Waals surface area contributed by atoms with Crippen molar-refractivity contribution in [3.63, 3.8) is 0 Å². The molecule has 1 aromatic carbocycles. The molecule has 1 aliphatic heterocycles. The molecule has 5 rings (SSSR count). The van der Waals surface area contributed by atoms with Crippen LogP contribution in [-0.2, 0) is 0 Å².